The molecule has 0 radical (unpaired) electrons. The molecule has 0 aliphatic carbocycles. The highest BCUT2D eigenvalue weighted by molar-refractivity contribution is 7.22. The third-order valence-electron chi connectivity index (χ3n) is 5.38. The zero-order chi connectivity index (χ0) is 20.2. The molecule has 1 aliphatic rings. The molecule has 0 unspecified atom stereocenters. The van der Waals surface area contributed by atoms with Crippen LogP contribution in [0, 0.1) is 5.92 Å². The van der Waals surface area contributed by atoms with E-state index in [2.05, 4.69) is 28.4 Å². The molecule has 2 aromatic carbocycles. The monoisotopic (exact) mass is 409 g/mol. The van der Waals surface area contributed by atoms with Gasteiger partial charge in [-0.2, -0.15) is 0 Å². The Kier molecular flexibility index (Phi) is 6.00. The lowest BCUT2D eigenvalue weighted by Crippen LogP contribution is -2.43. The second-order valence-electron chi connectivity index (χ2n) is 7.49. The summed E-state index contributed by atoms with van der Waals surface area (Å²) in [5.41, 5.74) is 2.11. The molecule has 1 aliphatic heterocycles. The van der Waals surface area contributed by atoms with Gasteiger partial charge in [0, 0.05) is 13.1 Å². The summed E-state index contributed by atoms with van der Waals surface area (Å²) >= 11 is 1.67. The van der Waals surface area contributed by atoms with E-state index in [1.54, 1.807) is 11.3 Å². The summed E-state index contributed by atoms with van der Waals surface area (Å²) in [5, 5.41) is 4.18. The molecular formula is C23H27N3O2S. The summed E-state index contributed by atoms with van der Waals surface area (Å²) in [6.45, 7) is 6.33. The quantitative estimate of drug-likeness (QED) is 0.636. The first kappa shape index (κ1) is 19.7. The minimum Gasteiger partial charge on any atom is -0.494 e. The van der Waals surface area contributed by atoms with Gasteiger partial charge in [0.25, 0.3) is 0 Å². The molecule has 2 heterocycles. The highest BCUT2D eigenvalue weighted by Gasteiger charge is 2.28. The van der Waals surface area contributed by atoms with Gasteiger partial charge in [-0.15, -0.1) is 0 Å². The average molecular weight is 410 g/mol. The first-order valence-electron chi connectivity index (χ1n) is 10.3. The molecule has 5 nitrogen and oxygen atoms in total. The molecule has 0 bridgehead atoms. The summed E-state index contributed by atoms with van der Waals surface area (Å²) in [6, 6.07) is 16.1. The van der Waals surface area contributed by atoms with Crippen LogP contribution < -0.4 is 15.0 Å². The van der Waals surface area contributed by atoms with Gasteiger partial charge in [-0.3, -0.25) is 4.79 Å². The fourth-order valence-corrected chi connectivity index (χ4v) is 4.83. The number of piperidine rings is 1. The van der Waals surface area contributed by atoms with E-state index < -0.39 is 0 Å². The first-order chi connectivity index (χ1) is 14.1. The van der Waals surface area contributed by atoms with Crippen molar-refractivity contribution in [2.24, 2.45) is 5.92 Å². The van der Waals surface area contributed by atoms with Crippen LogP contribution in [0.1, 0.15) is 38.3 Å². The van der Waals surface area contributed by atoms with Gasteiger partial charge < -0.3 is 15.0 Å². The number of benzene rings is 2. The molecule has 1 fully saturated rings. The second kappa shape index (κ2) is 8.82. The molecule has 4 rings (SSSR count). The summed E-state index contributed by atoms with van der Waals surface area (Å²) in [5.74, 6) is 0.993. The van der Waals surface area contributed by atoms with E-state index >= 15 is 0 Å². The summed E-state index contributed by atoms with van der Waals surface area (Å²) in [6.07, 6.45) is 1.92. The van der Waals surface area contributed by atoms with Crippen LogP contribution in [0.5, 0.6) is 5.75 Å². The number of anilines is 1. The Morgan fingerprint density at radius 2 is 2.14 bits per heavy atom. The number of nitrogens with one attached hydrogen (secondary N) is 1. The van der Waals surface area contributed by atoms with E-state index in [4.69, 9.17) is 9.72 Å². The number of amides is 1. The van der Waals surface area contributed by atoms with E-state index in [9.17, 15) is 4.79 Å². The van der Waals surface area contributed by atoms with Gasteiger partial charge in [-0.1, -0.05) is 41.7 Å². The maximum absolute atomic E-state index is 12.9. The molecule has 3 aromatic rings. The summed E-state index contributed by atoms with van der Waals surface area (Å²) in [4.78, 5) is 19.9. The lowest BCUT2D eigenvalue weighted by molar-refractivity contribution is -0.125. The lowest BCUT2D eigenvalue weighted by Gasteiger charge is -2.32. The summed E-state index contributed by atoms with van der Waals surface area (Å²) in [7, 11) is 0. The Labute approximate surface area is 175 Å². The highest BCUT2D eigenvalue weighted by Crippen LogP contribution is 2.33. The topological polar surface area (TPSA) is 54.5 Å². The second-order valence-corrected chi connectivity index (χ2v) is 8.49. The Morgan fingerprint density at radius 1 is 1.31 bits per heavy atom. The van der Waals surface area contributed by atoms with Crippen molar-refractivity contribution in [2.45, 2.75) is 32.7 Å². The van der Waals surface area contributed by atoms with Crippen LogP contribution in [-0.4, -0.2) is 30.6 Å². The third-order valence-corrected chi connectivity index (χ3v) is 6.46. The van der Waals surface area contributed by atoms with Gasteiger partial charge in [0.15, 0.2) is 5.13 Å². The highest BCUT2D eigenvalue weighted by atomic mass is 32.1. The Morgan fingerprint density at radius 3 is 2.93 bits per heavy atom. The van der Waals surface area contributed by atoms with Crippen molar-refractivity contribution >= 4 is 32.6 Å². The molecule has 1 amide bonds. The number of nitrogens with zero attached hydrogens (tertiary/aromatic N) is 2. The fourth-order valence-electron chi connectivity index (χ4n) is 3.81. The van der Waals surface area contributed by atoms with Crippen molar-refractivity contribution in [3.8, 4) is 5.75 Å². The van der Waals surface area contributed by atoms with Crippen LogP contribution in [0.2, 0.25) is 0 Å². The van der Waals surface area contributed by atoms with Crippen LogP contribution >= 0.6 is 11.3 Å². The standard InChI is InChI=1S/C23H27N3O2S/c1-3-28-19-11-12-20-21(14-19)29-23(25-20)26-13-7-10-18(15-26)22(27)24-16(2)17-8-5-4-6-9-17/h4-6,8-9,11-12,14,16,18H,3,7,10,13,15H2,1-2H3,(H,24,27)/t16-,18+/m1/s1. The van der Waals surface area contributed by atoms with Gasteiger partial charge in [0.1, 0.15) is 5.75 Å². The van der Waals surface area contributed by atoms with Crippen molar-refractivity contribution < 1.29 is 9.53 Å². The molecule has 152 valence electrons. The number of carbonyl (C=O) groups excluding carboxylic acids is 1. The number of carbonyl (C=O) groups is 1. The van der Waals surface area contributed by atoms with E-state index in [1.165, 1.54) is 0 Å². The van der Waals surface area contributed by atoms with E-state index in [0.717, 1.165) is 46.0 Å². The fraction of sp³-hybridized carbons (Fsp3) is 0.391. The maximum atomic E-state index is 12.9. The van der Waals surface area contributed by atoms with Crippen molar-refractivity contribution in [3.05, 3.63) is 54.1 Å². The Balaban J connectivity index is 1.44. The maximum Gasteiger partial charge on any atom is 0.225 e. The number of fused-ring (bicyclic) bond motifs is 1. The SMILES string of the molecule is CCOc1ccc2nc(N3CCC[C@H](C(=O)N[C@H](C)c4ccccc4)C3)sc2c1. The minimum absolute atomic E-state index is 0.0125. The molecule has 6 heteroatoms. The average Bonchev–Trinajstić information content (AvgIpc) is 3.18. The van der Waals surface area contributed by atoms with Crippen molar-refractivity contribution in [3.63, 3.8) is 0 Å². The molecule has 29 heavy (non-hydrogen) atoms. The van der Waals surface area contributed by atoms with Crippen LogP contribution in [0.4, 0.5) is 5.13 Å². The number of thiazole rings is 1. The molecule has 1 N–H and O–H groups in total. The molecule has 0 spiro atoms. The van der Waals surface area contributed by atoms with Crippen LogP contribution in [0.15, 0.2) is 48.5 Å². The minimum atomic E-state index is -0.0130. The van der Waals surface area contributed by atoms with Crippen LogP contribution in [-0.2, 0) is 4.79 Å². The zero-order valence-electron chi connectivity index (χ0n) is 16.9. The smallest absolute Gasteiger partial charge is 0.225 e. The lowest BCUT2D eigenvalue weighted by atomic mass is 9.96. The van der Waals surface area contributed by atoms with E-state index in [1.807, 2.05) is 44.2 Å². The van der Waals surface area contributed by atoms with Gasteiger partial charge >= 0.3 is 0 Å². The summed E-state index contributed by atoms with van der Waals surface area (Å²) < 4.78 is 6.72. The van der Waals surface area contributed by atoms with E-state index in [0.29, 0.717) is 13.2 Å². The van der Waals surface area contributed by atoms with Gasteiger partial charge in [-0.05, 0) is 50.5 Å². The van der Waals surface area contributed by atoms with Gasteiger partial charge in [0.2, 0.25) is 5.91 Å². The predicted octanol–water partition coefficient (Wildman–Crippen LogP) is 4.79. The normalized spacial score (nSPS) is 17.9. The molecule has 0 saturated carbocycles. The first-order valence-corrected chi connectivity index (χ1v) is 11.1. The van der Waals surface area contributed by atoms with Crippen molar-refractivity contribution in [2.75, 3.05) is 24.6 Å². The number of aromatic nitrogens is 1. The molecule has 2 atom stereocenters. The van der Waals surface area contributed by atoms with E-state index in [-0.39, 0.29) is 17.9 Å². The van der Waals surface area contributed by atoms with Crippen LogP contribution in [0.25, 0.3) is 10.2 Å². The molecule has 1 aromatic heterocycles. The third kappa shape index (κ3) is 4.53. The molecular weight excluding hydrogens is 382 g/mol. The van der Waals surface area contributed by atoms with Crippen molar-refractivity contribution in [1.82, 2.24) is 10.3 Å². The zero-order valence-corrected chi connectivity index (χ0v) is 17.7. The number of hydrogen-bond acceptors (Lipinski definition) is 5. The van der Waals surface area contributed by atoms with Crippen molar-refractivity contribution in [1.29, 1.82) is 0 Å². The van der Waals surface area contributed by atoms with Crippen LogP contribution in [0.3, 0.4) is 0 Å². The van der Waals surface area contributed by atoms with Gasteiger partial charge in [-0.25, -0.2) is 4.98 Å². The number of ether oxygens (including phenoxy) is 1. The predicted molar refractivity (Wildman–Crippen MR) is 119 cm³/mol. The Hall–Kier alpha value is -2.60. The number of hydrogen-bond donors (Lipinski definition) is 1. The Bertz CT molecular complexity index is 973. The molecule has 1 saturated heterocycles. The number of rotatable bonds is 6. The van der Waals surface area contributed by atoms with Gasteiger partial charge in [0.05, 0.1) is 28.8 Å². The largest absolute Gasteiger partial charge is 0.494 e.